The quantitative estimate of drug-likeness (QED) is 0.748. The maximum atomic E-state index is 14.2. The molecule has 0 bridgehead atoms. The van der Waals surface area contributed by atoms with Crippen molar-refractivity contribution in [3.05, 3.63) is 57.3 Å². The second kappa shape index (κ2) is 5.84. The van der Waals surface area contributed by atoms with Gasteiger partial charge in [-0.3, -0.25) is 0 Å². The molecule has 3 rings (SSSR count). The third kappa shape index (κ3) is 3.05. The number of benzene rings is 2. The SMILES string of the molecule is Fc1c(-c2cccc(CNC3CC3)c2)ccc(Br)c1Cl. The van der Waals surface area contributed by atoms with E-state index in [1.165, 1.54) is 12.8 Å². The van der Waals surface area contributed by atoms with Crippen molar-refractivity contribution < 1.29 is 4.39 Å². The molecule has 0 amide bonds. The fraction of sp³-hybridized carbons (Fsp3) is 0.250. The summed E-state index contributed by atoms with van der Waals surface area (Å²) in [6, 6.07) is 12.1. The van der Waals surface area contributed by atoms with Crippen LogP contribution in [0.3, 0.4) is 0 Å². The zero-order chi connectivity index (χ0) is 14.1. The number of hydrogen-bond acceptors (Lipinski definition) is 1. The maximum absolute atomic E-state index is 14.2. The molecule has 1 saturated carbocycles. The Labute approximate surface area is 131 Å². The summed E-state index contributed by atoms with van der Waals surface area (Å²) in [4.78, 5) is 0. The highest BCUT2D eigenvalue weighted by Gasteiger charge is 2.20. The number of halogens is 3. The van der Waals surface area contributed by atoms with Crippen LogP contribution < -0.4 is 5.32 Å². The average Bonchev–Trinajstić information content (AvgIpc) is 3.27. The van der Waals surface area contributed by atoms with Crippen LogP contribution in [0.1, 0.15) is 18.4 Å². The molecule has 0 unspecified atom stereocenters. The van der Waals surface area contributed by atoms with Gasteiger partial charge in [-0.1, -0.05) is 35.9 Å². The van der Waals surface area contributed by atoms with E-state index in [9.17, 15) is 4.39 Å². The Morgan fingerprint density at radius 1 is 1.25 bits per heavy atom. The van der Waals surface area contributed by atoms with Gasteiger partial charge in [0.1, 0.15) is 0 Å². The normalized spacial score (nSPS) is 14.6. The Kier molecular flexibility index (Phi) is 4.11. The molecule has 20 heavy (non-hydrogen) atoms. The van der Waals surface area contributed by atoms with Crippen LogP contribution in [-0.4, -0.2) is 6.04 Å². The van der Waals surface area contributed by atoms with E-state index in [2.05, 4.69) is 27.3 Å². The molecular formula is C16H14BrClFN. The van der Waals surface area contributed by atoms with Crippen molar-refractivity contribution in [2.75, 3.05) is 0 Å². The first-order valence-corrected chi connectivity index (χ1v) is 7.78. The summed E-state index contributed by atoms with van der Waals surface area (Å²) in [6.45, 7) is 0.824. The minimum absolute atomic E-state index is 0.129. The summed E-state index contributed by atoms with van der Waals surface area (Å²) in [5.41, 5.74) is 2.55. The third-order valence-corrected chi connectivity index (χ3v) is 4.70. The summed E-state index contributed by atoms with van der Waals surface area (Å²) in [7, 11) is 0. The van der Waals surface area contributed by atoms with Gasteiger partial charge in [0.2, 0.25) is 0 Å². The van der Waals surface area contributed by atoms with Crippen molar-refractivity contribution >= 4 is 27.5 Å². The zero-order valence-corrected chi connectivity index (χ0v) is 13.1. The van der Waals surface area contributed by atoms with Crippen LogP contribution in [0.25, 0.3) is 11.1 Å². The van der Waals surface area contributed by atoms with E-state index in [4.69, 9.17) is 11.6 Å². The molecule has 4 heteroatoms. The minimum Gasteiger partial charge on any atom is -0.310 e. The smallest absolute Gasteiger partial charge is 0.150 e. The molecule has 2 aromatic rings. The van der Waals surface area contributed by atoms with Gasteiger partial charge in [-0.05, 0) is 52.0 Å². The summed E-state index contributed by atoms with van der Waals surface area (Å²) < 4.78 is 14.8. The van der Waals surface area contributed by atoms with E-state index in [1.54, 1.807) is 12.1 Å². The van der Waals surface area contributed by atoms with E-state index in [1.807, 2.05) is 18.2 Å². The van der Waals surface area contributed by atoms with E-state index >= 15 is 0 Å². The zero-order valence-electron chi connectivity index (χ0n) is 10.8. The summed E-state index contributed by atoms with van der Waals surface area (Å²) in [5, 5.41) is 3.59. The molecular weight excluding hydrogens is 341 g/mol. The van der Waals surface area contributed by atoms with E-state index in [0.717, 1.165) is 17.7 Å². The molecule has 0 aliphatic heterocycles. The molecule has 0 heterocycles. The number of nitrogens with one attached hydrogen (secondary N) is 1. The molecule has 0 radical (unpaired) electrons. The topological polar surface area (TPSA) is 12.0 Å². The first kappa shape index (κ1) is 14.1. The molecule has 0 saturated heterocycles. The van der Waals surface area contributed by atoms with Crippen molar-refractivity contribution in [1.29, 1.82) is 0 Å². The Bertz CT molecular complexity index is 640. The third-order valence-electron chi connectivity index (χ3n) is 3.45. The van der Waals surface area contributed by atoms with Crippen LogP contribution in [0.5, 0.6) is 0 Å². The Balaban J connectivity index is 1.89. The fourth-order valence-electron chi connectivity index (χ4n) is 2.15. The van der Waals surface area contributed by atoms with Crippen molar-refractivity contribution in [3.63, 3.8) is 0 Å². The van der Waals surface area contributed by atoms with Crippen LogP contribution >= 0.6 is 27.5 Å². The molecule has 0 atom stereocenters. The predicted octanol–water partition coefficient (Wildman–Crippen LogP) is 5.16. The lowest BCUT2D eigenvalue weighted by Crippen LogP contribution is -2.15. The largest absolute Gasteiger partial charge is 0.310 e. The molecule has 0 aromatic heterocycles. The van der Waals surface area contributed by atoms with Gasteiger partial charge < -0.3 is 5.32 Å². The van der Waals surface area contributed by atoms with Gasteiger partial charge >= 0.3 is 0 Å². The summed E-state index contributed by atoms with van der Waals surface area (Å²) >= 11 is 9.18. The molecule has 2 aromatic carbocycles. The monoisotopic (exact) mass is 353 g/mol. The molecule has 104 valence electrons. The van der Waals surface area contributed by atoms with Gasteiger partial charge in [0.05, 0.1) is 5.02 Å². The first-order chi connectivity index (χ1) is 9.65. The first-order valence-electron chi connectivity index (χ1n) is 6.61. The van der Waals surface area contributed by atoms with Crippen molar-refractivity contribution in [1.82, 2.24) is 5.32 Å². The number of hydrogen-bond donors (Lipinski definition) is 1. The molecule has 1 N–H and O–H groups in total. The van der Waals surface area contributed by atoms with Gasteiger partial charge in [0.15, 0.2) is 5.82 Å². The van der Waals surface area contributed by atoms with Crippen LogP contribution in [0.4, 0.5) is 4.39 Å². The lowest BCUT2D eigenvalue weighted by Gasteiger charge is -2.09. The highest BCUT2D eigenvalue weighted by atomic mass is 79.9. The number of rotatable bonds is 4. The molecule has 1 nitrogen and oxygen atoms in total. The highest BCUT2D eigenvalue weighted by Crippen LogP contribution is 2.33. The standard InChI is InChI=1S/C16H14BrClFN/c17-14-7-6-13(16(19)15(14)18)11-3-1-2-10(8-11)9-20-12-4-5-12/h1-3,6-8,12,20H,4-5,9H2. The molecule has 0 spiro atoms. The average molecular weight is 355 g/mol. The highest BCUT2D eigenvalue weighted by molar-refractivity contribution is 9.10. The van der Waals surface area contributed by atoms with Crippen molar-refractivity contribution in [2.45, 2.75) is 25.4 Å². The van der Waals surface area contributed by atoms with Gasteiger partial charge in [0.25, 0.3) is 0 Å². The summed E-state index contributed by atoms with van der Waals surface area (Å²) in [5.74, 6) is -0.381. The lowest BCUT2D eigenvalue weighted by molar-refractivity contribution is 0.631. The molecule has 1 aliphatic rings. The van der Waals surface area contributed by atoms with Gasteiger partial charge in [-0.15, -0.1) is 0 Å². The Hall–Kier alpha value is -0.900. The maximum Gasteiger partial charge on any atom is 0.150 e. The van der Waals surface area contributed by atoms with E-state index in [-0.39, 0.29) is 10.8 Å². The van der Waals surface area contributed by atoms with Crippen LogP contribution in [0.2, 0.25) is 5.02 Å². The van der Waals surface area contributed by atoms with Crippen LogP contribution in [-0.2, 0) is 6.54 Å². The van der Waals surface area contributed by atoms with Gasteiger partial charge in [-0.25, -0.2) is 4.39 Å². The fourth-order valence-corrected chi connectivity index (χ4v) is 2.62. The van der Waals surface area contributed by atoms with Crippen LogP contribution in [0.15, 0.2) is 40.9 Å². The lowest BCUT2D eigenvalue weighted by atomic mass is 10.0. The van der Waals surface area contributed by atoms with Gasteiger partial charge in [-0.2, -0.15) is 0 Å². The van der Waals surface area contributed by atoms with Crippen molar-refractivity contribution in [3.8, 4) is 11.1 Å². The minimum atomic E-state index is -0.381. The van der Waals surface area contributed by atoms with Crippen LogP contribution in [0, 0.1) is 5.82 Å². The van der Waals surface area contributed by atoms with E-state index < -0.39 is 0 Å². The van der Waals surface area contributed by atoms with Gasteiger partial charge in [0, 0.05) is 22.6 Å². The van der Waals surface area contributed by atoms with Crippen molar-refractivity contribution in [2.24, 2.45) is 0 Å². The van der Waals surface area contributed by atoms with E-state index in [0.29, 0.717) is 16.1 Å². The second-order valence-corrected chi connectivity index (χ2v) is 6.31. The molecule has 1 fully saturated rings. The summed E-state index contributed by atoms with van der Waals surface area (Å²) in [6.07, 6.45) is 2.52. The predicted molar refractivity (Wildman–Crippen MR) is 84.4 cm³/mol. The Morgan fingerprint density at radius 2 is 2.05 bits per heavy atom. The molecule has 1 aliphatic carbocycles. The second-order valence-electron chi connectivity index (χ2n) is 5.08. The Morgan fingerprint density at radius 3 is 2.80 bits per heavy atom.